The van der Waals surface area contributed by atoms with Gasteiger partial charge in [0.25, 0.3) is 11.6 Å². The molecule has 0 aromatic heterocycles. The molecule has 7 nitrogen and oxygen atoms in total. The van der Waals surface area contributed by atoms with Gasteiger partial charge in [-0.1, -0.05) is 24.3 Å². The fourth-order valence-electron chi connectivity index (χ4n) is 3.83. The van der Waals surface area contributed by atoms with Crippen LogP contribution in [0.3, 0.4) is 0 Å². The molecule has 0 unspecified atom stereocenters. The maximum Gasteiger partial charge on any atom is 0.269 e. The highest BCUT2D eigenvalue weighted by molar-refractivity contribution is 5.94. The molecule has 0 N–H and O–H groups in total. The predicted molar refractivity (Wildman–Crippen MR) is 121 cm³/mol. The van der Waals surface area contributed by atoms with Gasteiger partial charge in [-0.2, -0.15) is 0 Å². The Hall–Kier alpha value is -3.85. The number of nitro benzene ring substituents is 1. The number of hydrogen-bond acceptors (Lipinski definition) is 5. The van der Waals surface area contributed by atoms with E-state index in [1.807, 2.05) is 11.0 Å². The summed E-state index contributed by atoms with van der Waals surface area (Å²) in [7, 11) is 0. The minimum atomic E-state index is -0.858. The van der Waals surface area contributed by atoms with E-state index >= 15 is 0 Å². The van der Waals surface area contributed by atoms with Crippen molar-refractivity contribution >= 4 is 11.6 Å². The second-order valence-corrected chi connectivity index (χ2v) is 8.02. The minimum absolute atomic E-state index is 0.0129. The van der Waals surface area contributed by atoms with Gasteiger partial charge in [0.2, 0.25) is 0 Å². The largest absolute Gasteiger partial charge is 0.489 e. The summed E-state index contributed by atoms with van der Waals surface area (Å²) in [6, 6.07) is 17.1. The topological polar surface area (TPSA) is 75.9 Å². The Labute approximate surface area is 195 Å². The molecule has 3 aromatic rings. The number of piperazine rings is 1. The third-order valence-corrected chi connectivity index (χ3v) is 5.71. The molecule has 0 radical (unpaired) electrons. The molecule has 1 heterocycles. The monoisotopic (exact) mass is 467 g/mol. The fraction of sp³-hybridized carbons (Fsp3) is 0.240. The lowest BCUT2D eigenvalue weighted by molar-refractivity contribution is -0.384. The van der Waals surface area contributed by atoms with E-state index in [1.54, 1.807) is 29.2 Å². The summed E-state index contributed by atoms with van der Waals surface area (Å²) >= 11 is 0. The van der Waals surface area contributed by atoms with Gasteiger partial charge in [0.15, 0.2) is 11.6 Å². The highest BCUT2D eigenvalue weighted by Gasteiger charge is 2.23. The number of nitro groups is 1. The number of benzene rings is 3. The minimum Gasteiger partial charge on any atom is -0.489 e. The third kappa shape index (κ3) is 5.55. The highest BCUT2D eigenvalue weighted by Crippen LogP contribution is 2.20. The first-order valence-corrected chi connectivity index (χ1v) is 10.8. The summed E-state index contributed by atoms with van der Waals surface area (Å²) in [5.74, 6) is -1.29. The molecule has 1 aliphatic rings. The van der Waals surface area contributed by atoms with E-state index in [2.05, 4.69) is 0 Å². The Morgan fingerprint density at radius 2 is 1.68 bits per heavy atom. The average molecular weight is 467 g/mol. The molecular weight excluding hydrogens is 444 g/mol. The van der Waals surface area contributed by atoms with Crippen LogP contribution in [0.1, 0.15) is 21.5 Å². The molecule has 0 aliphatic carbocycles. The molecular formula is C25H23F2N3O4. The smallest absolute Gasteiger partial charge is 0.269 e. The van der Waals surface area contributed by atoms with Gasteiger partial charge in [-0.05, 0) is 35.9 Å². The van der Waals surface area contributed by atoms with Gasteiger partial charge >= 0.3 is 0 Å². The lowest BCUT2D eigenvalue weighted by atomic mass is 10.1. The van der Waals surface area contributed by atoms with Crippen LogP contribution in [0.15, 0.2) is 66.7 Å². The van der Waals surface area contributed by atoms with Gasteiger partial charge in [-0.15, -0.1) is 0 Å². The van der Waals surface area contributed by atoms with E-state index in [9.17, 15) is 23.7 Å². The summed E-state index contributed by atoms with van der Waals surface area (Å²) in [5.41, 5.74) is 1.63. The highest BCUT2D eigenvalue weighted by atomic mass is 19.2. The number of ether oxygens (including phenoxy) is 1. The second kappa shape index (κ2) is 10.4. The third-order valence-electron chi connectivity index (χ3n) is 5.71. The molecule has 3 aromatic carbocycles. The van der Waals surface area contributed by atoms with E-state index < -0.39 is 16.6 Å². The van der Waals surface area contributed by atoms with Gasteiger partial charge in [0, 0.05) is 56.0 Å². The van der Waals surface area contributed by atoms with Crippen LogP contribution < -0.4 is 4.74 Å². The molecule has 0 atom stereocenters. The first-order valence-electron chi connectivity index (χ1n) is 10.8. The maximum atomic E-state index is 13.9. The van der Waals surface area contributed by atoms with Crippen molar-refractivity contribution in [3.63, 3.8) is 0 Å². The summed E-state index contributed by atoms with van der Waals surface area (Å²) in [6.07, 6.45) is 0. The van der Waals surface area contributed by atoms with Crippen molar-refractivity contribution < 1.29 is 23.2 Å². The van der Waals surface area contributed by atoms with Crippen LogP contribution in [0.2, 0.25) is 0 Å². The van der Waals surface area contributed by atoms with Crippen LogP contribution in [-0.2, 0) is 13.2 Å². The van der Waals surface area contributed by atoms with Gasteiger partial charge in [0.1, 0.15) is 12.4 Å². The SMILES string of the molecule is O=C(c1cccc(COc2ccc([N+](=O)[O-])cc2)c1)N1CCN(Cc2cccc(F)c2F)CC1. The Kier molecular flexibility index (Phi) is 7.12. The molecule has 34 heavy (non-hydrogen) atoms. The molecule has 0 saturated carbocycles. The Bertz CT molecular complexity index is 1180. The lowest BCUT2D eigenvalue weighted by Crippen LogP contribution is -2.48. The number of rotatable bonds is 7. The average Bonchev–Trinajstić information content (AvgIpc) is 2.86. The van der Waals surface area contributed by atoms with Crippen molar-refractivity contribution in [2.24, 2.45) is 0 Å². The standard InChI is InChI=1S/C25H23F2N3O4/c26-23-6-2-5-20(24(23)27)16-28-11-13-29(14-12-28)25(31)19-4-1-3-18(15-19)17-34-22-9-7-21(8-10-22)30(32)33/h1-10,15H,11-14,16-17H2. The van der Waals surface area contributed by atoms with Crippen LogP contribution in [-0.4, -0.2) is 46.8 Å². The lowest BCUT2D eigenvalue weighted by Gasteiger charge is -2.35. The van der Waals surface area contributed by atoms with E-state index in [4.69, 9.17) is 4.74 Å². The molecule has 176 valence electrons. The van der Waals surface area contributed by atoms with Gasteiger partial charge in [-0.25, -0.2) is 8.78 Å². The number of carbonyl (C=O) groups is 1. The second-order valence-electron chi connectivity index (χ2n) is 8.02. The van der Waals surface area contributed by atoms with Crippen LogP contribution in [0.25, 0.3) is 0 Å². The number of hydrogen-bond donors (Lipinski definition) is 0. The van der Waals surface area contributed by atoms with Crippen LogP contribution in [0.5, 0.6) is 5.75 Å². The zero-order valence-corrected chi connectivity index (χ0v) is 18.3. The number of halogens is 2. The summed E-state index contributed by atoms with van der Waals surface area (Å²) < 4.78 is 33.1. The molecule has 1 fully saturated rings. The van der Waals surface area contributed by atoms with Crippen molar-refractivity contribution in [2.45, 2.75) is 13.2 Å². The van der Waals surface area contributed by atoms with E-state index in [-0.39, 0.29) is 18.2 Å². The number of nitrogens with zero attached hydrogens (tertiary/aromatic N) is 3. The van der Waals surface area contributed by atoms with Crippen LogP contribution >= 0.6 is 0 Å². The fourth-order valence-corrected chi connectivity index (χ4v) is 3.83. The number of carbonyl (C=O) groups excluding carboxylic acids is 1. The zero-order valence-electron chi connectivity index (χ0n) is 18.3. The number of amides is 1. The Morgan fingerprint density at radius 3 is 2.38 bits per heavy atom. The Morgan fingerprint density at radius 1 is 0.971 bits per heavy atom. The molecule has 4 rings (SSSR count). The van der Waals surface area contributed by atoms with Crippen LogP contribution in [0.4, 0.5) is 14.5 Å². The molecule has 1 aliphatic heterocycles. The van der Waals surface area contributed by atoms with E-state index in [0.717, 1.165) is 11.6 Å². The van der Waals surface area contributed by atoms with E-state index in [1.165, 1.54) is 30.3 Å². The predicted octanol–water partition coefficient (Wildman–Crippen LogP) is 4.41. The molecule has 1 amide bonds. The van der Waals surface area contributed by atoms with Crippen LogP contribution in [0, 0.1) is 21.7 Å². The van der Waals surface area contributed by atoms with Gasteiger partial charge in [-0.3, -0.25) is 19.8 Å². The first-order chi connectivity index (χ1) is 16.4. The molecule has 0 bridgehead atoms. The molecule has 1 saturated heterocycles. The first kappa shape index (κ1) is 23.3. The van der Waals surface area contributed by atoms with Crippen molar-refractivity contribution in [3.8, 4) is 5.75 Å². The van der Waals surface area contributed by atoms with Crippen molar-refractivity contribution in [2.75, 3.05) is 26.2 Å². The molecule has 0 spiro atoms. The zero-order chi connectivity index (χ0) is 24.1. The molecule has 9 heteroatoms. The van der Waals surface area contributed by atoms with Crippen molar-refractivity contribution in [3.05, 3.63) is 105 Å². The van der Waals surface area contributed by atoms with Gasteiger partial charge < -0.3 is 9.64 Å². The Balaban J connectivity index is 1.31. The normalized spacial score (nSPS) is 14.1. The number of non-ortho nitro benzene ring substituents is 1. The van der Waals surface area contributed by atoms with E-state index in [0.29, 0.717) is 49.6 Å². The summed E-state index contributed by atoms with van der Waals surface area (Å²) in [5, 5.41) is 10.7. The summed E-state index contributed by atoms with van der Waals surface area (Å²) in [6.45, 7) is 2.60. The van der Waals surface area contributed by atoms with Crippen molar-refractivity contribution in [1.29, 1.82) is 0 Å². The van der Waals surface area contributed by atoms with Gasteiger partial charge in [0.05, 0.1) is 4.92 Å². The summed E-state index contributed by atoms with van der Waals surface area (Å²) in [4.78, 5) is 27.0. The quantitative estimate of drug-likeness (QED) is 0.380. The maximum absolute atomic E-state index is 13.9. The van der Waals surface area contributed by atoms with Crippen molar-refractivity contribution in [1.82, 2.24) is 9.80 Å².